The Hall–Kier alpha value is -3.42. The molecule has 0 spiro atoms. The first kappa shape index (κ1) is 30.1. The molecule has 2 unspecified atom stereocenters. The maximum absolute atomic E-state index is 10.3. The third-order valence-corrected chi connectivity index (χ3v) is 11.1. The van der Waals surface area contributed by atoms with Gasteiger partial charge < -0.3 is 10.2 Å². The van der Waals surface area contributed by atoms with Gasteiger partial charge in [-0.1, -0.05) is 60.7 Å². The van der Waals surface area contributed by atoms with Gasteiger partial charge in [-0.05, 0) is 0 Å². The van der Waals surface area contributed by atoms with E-state index in [0.717, 1.165) is 7.25 Å². The third kappa shape index (κ3) is 8.28. The minimum Gasteiger partial charge on any atom is -0.872 e. The van der Waals surface area contributed by atoms with Gasteiger partial charge in [0.05, 0.1) is 0 Å². The van der Waals surface area contributed by atoms with Crippen molar-refractivity contribution in [3.63, 3.8) is 0 Å². The van der Waals surface area contributed by atoms with E-state index in [2.05, 4.69) is 89.4 Å². The Kier molecular flexibility index (Phi) is 11.3. The molecule has 0 aromatic heterocycles. The van der Waals surface area contributed by atoms with Crippen molar-refractivity contribution in [2.24, 2.45) is 0 Å². The molecule has 6 rings (SSSR count). The molecule has 2 aliphatic carbocycles. The topological polar surface area (TPSA) is 46.1 Å². The maximum atomic E-state index is 10.3. The minimum atomic E-state index is -0.611. The molecule has 39 heavy (non-hydrogen) atoms. The summed E-state index contributed by atoms with van der Waals surface area (Å²) in [6, 6.07) is 26.3. The first-order valence-corrected chi connectivity index (χ1v) is 15.9. The largest absolute Gasteiger partial charge is 0.872 e. The van der Waals surface area contributed by atoms with Crippen molar-refractivity contribution in [2.75, 3.05) is 0 Å². The van der Waals surface area contributed by atoms with Gasteiger partial charge in [0.2, 0.25) is 0 Å². The first-order chi connectivity index (χ1) is 18.8. The van der Waals surface area contributed by atoms with Crippen molar-refractivity contribution in [1.82, 2.24) is 0 Å². The van der Waals surface area contributed by atoms with Gasteiger partial charge >= 0.3 is 151 Å². The van der Waals surface area contributed by atoms with Crippen LogP contribution in [0.1, 0.15) is 51.8 Å². The fourth-order valence-corrected chi connectivity index (χ4v) is 8.56. The number of benzene rings is 4. The summed E-state index contributed by atoms with van der Waals surface area (Å²) >= 11 is -0.611. The van der Waals surface area contributed by atoms with E-state index in [4.69, 9.17) is 0 Å². The summed E-state index contributed by atoms with van der Waals surface area (Å²) in [6.45, 7) is 14.9. The van der Waals surface area contributed by atoms with Gasteiger partial charge in [-0.3, -0.25) is 0 Å². The van der Waals surface area contributed by atoms with E-state index in [-0.39, 0.29) is 11.5 Å². The molecule has 0 amide bonds. The third-order valence-electron chi connectivity index (χ3n) is 6.85. The van der Waals surface area contributed by atoms with Crippen molar-refractivity contribution in [2.45, 2.75) is 34.9 Å². The smallest absolute Gasteiger partial charge is 0.0623 e. The number of rotatable bonds is 2. The molecule has 3 heteroatoms. The van der Waals surface area contributed by atoms with Gasteiger partial charge in [-0.25, -0.2) is 0 Å². The van der Waals surface area contributed by atoms with Gasteiger partial charge in [-0.15, -0.1) is 24.7 Å². The molecular formula is C36H36O2Zr. The Balaban J connectivity index is 0.000000214. The number of allylic oxidation sites excluding steroid dienone is 2. The van der Waals surface area contributed by atoms with Gasteiger partial charge in [0.15, 0.2) is 0 Å². The average Bonchev–Trinajstić information content (AvgIpc) is 3.51. The molecule has 0 saturated carbocycles. The summed E-state index contributed by atoms with van der Waals surface area (Å²) in [5.74, 6) is 0.144. The van der Waals surface area contributed by atoms with Crippen molar-refractivity contribution < 1.29 is 33.4 Å². The Morgan fingerprint density at radius 3 is 1.18 bits per heavy atom. The van der Waals surface area contributed by atoms with Crippen LogP contribution in [0.3, 0.4) is 0 Å². The monoisotopic (exact) mass is 590 g/mol. The zero-order valence-electron chi connectivity index (χ0n) is 23.3. The number of hydrogen-bond donors (Lipinski definition) is 0. The van der Waals surface area contributed by atoms with E-state index >= 15 is 0 Å². The molecule has 0 radical (unpaired) electrons. The summed E-state index contributed by atoms with van der Waals surface area (Å²) in [5.41, 5.74) is 11.8. The maximum Gasteiger partial charge on any atom is -0.0623 e. The SMILES string of the molecule is C=C.Cc1cc2c(cc1C)[CH]([Zr+2][CH]1C=Cc3cc(C)c(C)cc31)C=C2.[O-]c1ccccc1.[O-]c1ccccc1. The van der Waals surface area contributed by atoms with Crippen LogP contribution in [0.5, 0.6) is 11.5 Å². The quantitative estimate of drug-likeness (QED) is 0.221. The normalized spacial score (nSPS) is 15.3. The van der Waals surface area contributed by atoms with E-state index in [9.17, 15) is 10.2 Å². The molecule has 0 fully saturated rings. The Morgan fingerprint density at radius 1 is 0.538 bits per heavy atom. The number of aryl methyl sites for hydroxylation is 4. The first-order valence-electron chi connectivity index (χ1n) is 13.1. The summed E-state index contributed by atoms with van der Waals surface area (Å²) in [5, 5.41) is 20.5. The molecule has 0 heterocycles. The zero-order chi connectivity index (χ0) is 28.4. The van der Waals surface area contributed by atoms with E-state index in [0.29, 0.717) is 0 Å². The summed E-state index contributed by atoms with van der Waals surface area (Å²) in [7, 11) is 0. The molecule has 2 aliphatic rings. The van der Waals surface area contributed by atoms with E-state index < -0.39 is 23.2 Å². The number of para-hydroxylation sites is 2. The van der Waals surface area contributed by atoms with Crippen LogP contribution < -0.4 is 10.2 Å². The van der Waals surface area contributed by atoms with Crippen LogP contribution in [0.2, 0.25) is 0 Å². The molecule has 0 bridgehead atoms. The van der Waals surface area contributed by atoms with Gasteiger partial charge in [-0.2, -0.15) is 0 Å². The van der Waals surface area contributed by atoms with E-state index in [1.807, 2.05) is 12.1 Å². The van der Waals surface area contributed by atoms with Crippen LogP contribution in [0.25, 0.3) is 12.2 Å². The van der Waals surface area contributed by atoms with Gasteiger partial charge in [0.25, 0.3) is 0 Å². The molecule has 2 atom stereocenters. The van der Waals surface area contributed by atoms with Crippen LogP contribution in [-0.4, -0.2) is 0 Å². The van der Waals surface area contributed by atoms with Crippen molar-refractivity contribution in [3.8, 4) is 11.5 Å². The predicted molar refractivity (Wildman–Crippen MR) is 158 cm³/mol. The fraction of sp³-hybridized carbons (Fsp3) is 0.167. The Labute approximate surface area is 245 Å². The fourth-order valence-electron chi connectivity index (χ4n) is 4.48. The Morgan fingerprint density at radius 2 is 0.872 bits per heavy atom. The molecule has 2 nitrogen and oxygen atoms in total. The molecule has 4 aromatic carbocycles. The number of hydrogen-bond acceptors (Lipinski definition) is 2. The van der Waals surface area contributed by atoms with Crippen LogP contribution in [0.15, 0.2) is 110 Å². The molecule has 0 saturated heterocycles. The average molecular weight is 592 g/mol. The summed E-state index contributed by atoms with van der Waals surface area (Å²) < 4.78 is 1.44. The minimum absolute atomic E-state index is 0.0718. The van der Waals surface area contributed by atoms with Crippen LogP contribution in [0.4, 0.5) is 0 Å². The Bertz CT molecular complexity index is 1310. The molecular weight excluding hydrogens is 556 g/mol. The molecule has 0 N–H and O–H groups in total. The second-order valence-corrected chi connectivity index (χ2v) is 13.5. The van der Waals surface area contributed by atoms with Gasteiger partial charge in [0, 0.05) is 0 Å². The second-order valence-electron chi connectivity index (χ2n) is 9.60. The second kappa shape index (κ2) is 14.7. The van der Waals surface area contributed by atoms with Crippen molar-refractivity contribution in [3.05, 3.63) is 155 Å². The van der Waals surface area contributed by atoms with Crippen LogP contribution in [0, 0.1) is 27.7 Å². The van der Waals surface area contributed by atoms with Crippen molar-refractivity contribution >= 4 is 12.2 Å². The van der Waals surface area contributed by atoms with Crippen LogP contribution >= 0.6 is 0 Å². The summed E-state index contributed by atoms with van der Waals surface area (Å²) in [4.78, 5) is 0. The molecule has 0 aliphatic heterocycles. The summed E-state index contributed by atoms with van der Waals surface area (Å²) in [6.07, 6.45) is 9.66. The van der Waals surface area contributed by atoms with E-state index in [1.165, 1.54) is 57.6 Å². The van der Waals surface area contributed by atoms with Gasteiger partial charge in [0.1, 0.15) is 0 Å². The molecule has 196 valence electrons. The van der Waals surface area contributed by atoms with Crippen molar-refractivity contribution in [1.29, 1.82) is 0 Å². The van der Waals surface area contributed by atoms with Crippen LogP contribution in [-0.2, 0) is 23.2 Å². The predicted octanol–water partition coefficient (Wildman–Crippen LogP) is 8.16. The zero-order valence-corrected chi connectivity index (χ0v) is 25.7. The van der Waals surface area contributed by atoms with E-state index in [1.54, 1.807) is 35.4 Å². The number of fused-ring (bicyclic) bond motifs is 2. The molecule has 4 aromatic rings. The standard InChI is InChI=1S/2C11H11.2C6H6O.C2H4.Zr/c2*1-8-6-10-4-3-5-11(10)7-9(8)2;2*7-6-4-2-1-3-5-6;1-2;/h2*3-7H,1-2H3;2*1-5,7H;1-2H2;/q;;;;;+2/p-2.